The Labute approximate surface area is 84.9 Å². The lowest BCUT2D eigenvalue weighted by atomic mass is 10.3. The topological polar surface area (TPSA) is 60.2 Å². The molecule has 1 heterocycles. The lowest BCUT2D eigenvalue weighted by Crippen LogP contribution is -1.90. The zero-order valence-corrected chi connectivity index (χ0v) is 8.76. The van der Waals surface area contributed by atoms with Crippen LogP contribution in [-0.2, 0) is 9.05 Å². The molecule has 74 valence electrons. The van der Waals surface area contributed by atoms with Crippen LogP contribution in [0.5, 0.6) is 0 Å². The summed E-state index contributed by atoms with van der Waals surface area (Å²) in [5.74, 6) is 0.410. The number of aryl methyl sites for hydroxylation is 1. The summed E-state index contributed by atoms with van der Waals surface area (Å²) in [6.07, 6.45) is 0. The van der Waals surface area contributed by atoms with Crippen molar-refractivity contribution in [3.8, 4) is 0 Å². The number of halogens is 1. The van der Waals surface area contributed by atoms with Gasteiger partial charge in [0.2, 0.25) is 0 Å². The maximum Gasteiger partial charge on any atom is 0.265 e. The molecule has 0 N–H and O–H groups in total. The van der Waals surface area contributed by atoms with Crippen LogP contribution in [0.15, 0.2) is 27.5 Å². The number of rotatable bonds is 1. The van der Waals surface area contributed by atoms with Crippen LogP contribution in [0.3, 0.4) is 0 Å². The normalized spacial score (nSPS) is 12.1. The highest BCUT2D eigenvalue weighted by Gasteiger charge is 2.17. The van der Waals surface area contributed by atoms with Gasteiger partial charge in [0.05, 0.1) is 0 Å². The van der Waals surface area contributed by atoms with Crippen molar-refractivity contribution in [1.29, 1.82) is 0 Å². The van der Waals surface area contributed by atoms with E-state index in [1.54, 1.807) is 19.1 Å². The number of hydrogen-bond donors (Lipinski definition) is 0. The average Bonchev–Trinajstić information content (AvgIpc) is 2.41. The maximum absolute atomic E-state index is 11.1. The molecule has 14 heavy (non-hydrogen) atoms. The van der Waals surface area contributed by atoms with Gasteiger partial charge in [-0.3, -0.25) is 0 Å². The third-order valence-electron chi connectivity index (χ3n) is 1.75. The first kappa shape index (κ1) is 9.48. The van der Waals surface area contributed by atoms with E-state index in [9.17, 15) is 8.42 Å². The van der Waals surface area contributed by atoms with Crippen molar-refractivity contribution >= 4 is 30.8 Å². The number of oxazole rings is 1. The van der Waals surface area contributed by atoms with Gasteiger partial charge in [0.25, 0.3) is 9.05 Å². The maximum atomic E-state index is 11.1. The summed E-state index contributed by atoms with van der Waals surface area (Å²) in [6, 6.07) is 4.62. The molecule has 0 aliphatic rings. The fourth-order valence-corrected chi connectivity index (χ4v) is 2.20. The van der Waals surface area contributed by atoms with Crippen LogP contribution in [0.2, 0.25) is 0 Å². The predicted molar refractivity (Wildman–Crippen MR) is 51.8 cm³/mol. The van der Waals surface area contributed by atoms with Gasteiger partial charge in [-0.2, -0.15) is 0 Å². The lowest BCUT2D eigenvalue weighted by molar-refractivity contribution is 0.552. The van der Waals surface area contributed by atoms with Gasteiger partial charge >= 0.3 is 0 Å². The molecule has 0 atom stereocenters. The van der Waals surface area contributed by atoms with Gasteiger partial charge in [-0.15, -0.1) is 0 Å². The summed E-state index contributed by atoms with van der Waals surface area (Å²) in [5, 5.41) is 0. The molecule has 0 radical (unpaired) electrons. The smallest absolute Gasteiger partial charge is 0.265 e. The highest BCUT2D eigenvalue weighted by atomic mass is 35.7. The molecule has 0 amide bonds. The van der Waals surface area contributed by atoms with Gasteiger partial charge in [-0.25, -0.2) is 13.4 Å². The van der Waals surface area contributed by atoms with E-state index < -0.39 is 9.05 Å². The van der Waals surface area contributed by atoms with Crippen LogP contribution in [0.25, 0.3) is 11.1 Å². The molecule has 0 aliphatic carbocycles. The third-order valence-corrected chi connectivity index (χ3v) is 3.09. The molecule has 6 heteroatoms. The van der Waals surface area contributed by atoms with Crippen LogP contribution in [0, 0.1) is 6.92 Å². The Bertz CT molecular complexity index is 588. The minimum absolute atomic E-state index is 0.0442. The summed E-state index contributed by atoms with van der Waals surface area (Å²) >= 11 is 0. The standard InChI is InChI=1S/C8H6ClNO3S/c1-5-10-6-3-2-4-7(8(6)13-5)14(9,11)12/h2-4H,1H3. The summed E-state index contributed by atoms with van der Waals surface area (Å²) < 4.78 is 27.4. The van der Waals surface area contributed by atoms with E-state index >= 15 is 0 Å². The van der Waals surface area contributed by atoms with E-state index in [2.05, 4.69) is 4.98 Å². The Morgan fingerprint density at radius 1 is 1.43 bits per heavy atom. The molecule has 2 aromatic rings. The van der Waals surface area contributed by atoms with Gasteiger partial charge in [0.15, 0.2) is 11.5 Å². The minimum atomic E-state index is -3.78. The number of para-hydroxylation sites is 1. The molecule has 0 spiro atoms. The zero-order valence-electron chi connectivity index (χ0n) is 7.19. The monoisotopic (exact) mass is 231 g/mol. The van der Waals surface area contributed by atoms with Gasteiger partial charge in [-0.05, 0) is 12.1 Å². The van der Waals surface area contributed by atoms with Gasteiger partial charge < -0.3 is 4.42 Å². The van der Waals surface area contributed by atoms with Gasteiger partial charge in [-0.1, -0.05) is 6.07 Å². The molecule has 0 bridgehead atoms. The number of nitrogens with zero attached hydrogens (tertiary/aromatic N) is 1. The van der Waals surface area contributed by atoms with Crippen LogP contribution < -0.4 is 0 Å². The summed E-state index contributed by atoms with van der Waals surface area (Å²) in [5.41, 5.74) is 0.698. The SMILES string of the molecule is Cc1nc2cccc(S(=O)(=O)Cl)c2o1. The van der Waals surface area contributed by atoms with E-state index in [1.165, 1.54) is 6.07 Å². The molecule has 1 aromatic heterocycles. The molecular weight excluding hydrogens is 226 g/mol. The van der Waals surface area contributed by atoms with E-state index in [4.69, 9.17) is 15.1 Å². The van der Waals surface area contributed by atoms with Gasteiger partial charge in [0.1, 0.15) is 10.4 Å². The first-order valence-electron chi connectivity index (χ1n) is 3.79. The van der Waals surface area contributed by atoms with E-state index in [-0.39, 0.29) is 10.5 Å². The van der Waals surface area contributed by atoms with E-state index in [0.29, 0.717) is 11.4 Å². The summed E-state index contributed by atoms with van der Waals surface area (Å²) in [4.78, 5) is 3.95. The third kappa shape index (κ3) is 1.49. The fourth-order valence-electron chi connectivity index (χ4n) is 1.23. The molecular formula is C8H6ClNO3S. The van der Waals surface area contributed by atoms with Crippen LogP contribution >= 0.6 is 10.7 Å². The Kier molecular flexibility index (Phi) is 2.01. The van der Waals surface area contributed by atoms with E-state index in [0.717, 1.165) is 0 Å². The van der Waals surface area contributed by atoms with Crippen molar-refractivity contribution in [2.45, 2.75) is 11.8 Å². The fraction of sp³-hybridized carbons (Fsp3) is 0.125. The second kappa shape index (κ2) is 2.96. The Morgan fingerprint density at radius 3 is 2.79 bits per heavy atom. The van der Waals surface area contributed by atoms with E-state index in [1.807, 2.05) is 0 Å². The number of aromatic nitrogens is 1. The van der Waals surface area contributed by atoms with Crippen molar-refractivity contribution in [2.75, 3.05) is 0 Å². The molecule has 0 unspecified atom stereocenters. The Hall–Kier alpha value is -1.07. The first-order valence-corrected chi connectivity index (χ1v) is 6.10. The summed E-state index contributed by atoms with van der Waals surface area (Å²) in [6.45, 7) is 1.64. The van der Waals surface area contributed by atoms with Crippen LogP contribution in [0.4, 0.5) is 0 Å². The second-order valence-corrected chi connectivity index (χ2v) is 5.31. The summed E-state index contributed by atoms with van der Waals surface area (Å²) in [7, 11) is 1.45. The van der Waals surface area contributed by atoms with Crippen molar-refractivity contribution in [3.63, 3.8) is 0 Å². The van der Waals surface area contributed by atoms with Gasteiger partial charge in [0, 0.05) is 17.6 Å². The highest BCUT2D eigenvalue weighted by molar-refractivity contribution is 8.13. The Morgan fingerprint density at radius 2 is 2.14 bits per heavy atom. The molecule has 4 nitrogen and oxygen atoms in total. The second-order valence-electron chi connectivity index (χ2n) is 2.78. The van der Waals surface area contributed by atoms with Crippen LogP contribution in [0.1, 0.15) is 5.89 Å². The van der Waals surface area contributed by atoms with Crippen LogP contribution in [-0.4, -0.2) is 13.4 Å². The Balaban J connectivity index is 2.90. The average molecular weight is 232 g/mol. The zero-order chi connectivity index (χ0) is 10.3. The molecule has 0 saturated carbocycles. The first-order chi connectivity index (χ1) is 6.48. The van der Waals surface area contributed by atoms with Crippen molar-refractivity contribution < 1.29 is 12.8 Å². The molecule has 1 aromatic carbocycles. The van der Waals surface area contributed by atoms with Crippen molar-refractivity contribution in [3.05, 3.63) is 24.1 Å². The largest absolute Gasteiger partial charge is 0.440 e. The lowest BCUT2D eigenvalue weighted by Gasteiger charge is -1.94. The molecule has 0 saturated heterocycles. The highest BCUT2D eigenvalue weighted by Crippen LogP contribution is 2.25. The number of hydrogen-bond acceptors (Lipinski definition) is 4. The van der Waals surface area contributed by atoms with Crippen molar-refractivity contribution in [1.82, 2.24) is 4.98 Å². The molecule has 0 aliphatic heterocycles. The quantitative estimate of drug-likeness (QED) is 0.705. The number of benzene rings is 1. The predicted octanol–water partition coefficient (Wildman–Crippen LogP) is 2.06. The number of fused-ring (bicyclic) bond motifs is 1. The van der Waals surface area contributed by atoms with Crippen molar-refractivity contribution in [2.24, 2.45) is 0 Å². The molecule has 0 fully saturated rings. The minimum Gasteiger partial charge on any atom is -0.440 e. The molecule has 2 rings (SSSR count).